The Morgan fingerprint density at radius 3 is 2.64 bits per heavy atom. The van der Waals surface area contributed by atoms with Crippen LogP contribution in [0.3, 0.4) is 0 Å². The van der Waals surface area contributed by atoms with E-state index in [4.69, 9.17) is 9.15 Å². The second kappa shape index (κ2) is 9.48. The Labute approximate surface area is 163 Å². The molecule has 2 heterocycles. The van der Waals surface area contributed by atoms with Crippen molar-refractivity contribution >= 4 is 11.9 Å². The van der Waals surface area contributed by atoms with Crippen LogP contribution < -0.4 is 0 Å². The number of carbonyl (C=O) groups is 2. The Hall–Kier alpha value is -2.70. The van der Waals surface area contributed by atoms with Gasteiger partial charge in [0.25, 0.3) is 5.91 Å². The van der Waals surface area contributed by atoms with Crippen LogP contribution in [0.2, 0.25) is 0 Å². The third kappa shape index (κ3) is 5.18. The molecular formula is C21H25FN2O4. The average Bonchev–Trinajstić information content (AvgIpc) is 2.99. The van der Waals surface area contributed by atoms with E-state index in [1.54, 1.807) is 30.0 Å². The average molecular weight is 388 g/mol. The zero-order chi connectivity index (χ0) is 19.9. The molecule has 0 bridgehead atoms. The van der Waals surface area contributed by atoms with E-state index < -0.39 is 17.9 Å². The molecule has 1 fully saturated rings. The summed E-state index contributed by atoms with van der Waals surface area (Å²) in [6, 6.07) is 6.25. The highest BCUT2D eigenvalue weighted by Crippen LogP contribution is 2.23. The summed E-state index contributed by atoms with van der Waals surface area (Å²) < 4.78 is 24.6. The molecule has 1 aliphatic rings. The minimum absolute atomic E-state index is 0.0366. The molecule has 0 radical (unpaired) electrons. The van der Waals surface area contributed by atoms with Gasteiger partial charge in [0.15, 0.2) is 17.8 Å². The Bertz CT molecular complexity index is 812. The Kier molecular flexibility index (Phi) is 6.79. The molecule has 1 aromatic heterocycles. The van der Waals surface area contributed by atoms with Gasteiger partial charge in [0.05, 0.1) is 18.2 Å². The highest BCUT2D eigenvalue weighted by atomic mass is 19.1. The fourth-order valence-corrected chi connectivity index (χ4v) is 3.28. The minimum Gasteiger partial charge on any atom is -0.453 e. The number of halogens is 1. The fraction of sp³-hybridized carbons (Fsp3) is 0.476. The van der Waals surface area contributed by atoms with Crippen LogP contribution in [0.15, 0.2) is 34.9 Å². The number of amides is 1. The third-order valence-electron chi connectivity index (χ3n) is 4.81. The van der Waals surface area contributed by atoms with Gasteiger partial charge in [-0.3, -0.25) is 9.59 Å². The second-order valence-corrected chi connectivity index (χ2v) is 6.97. The molecule has 1 aromatic carbocycles. The Balaban J connectivity index is 1.49. The van der Waals surface area contributed by atoms with Gasteiger partial charge in [0, 0.05) is 19.5 Å². The third-order valence-corrected chi connectivity index (χ3v) is 4.81. The number of aromatic nitrogens is 1. The van der Waals surface area contributed by atoms with Crippen LogP contribution in [0.4, 0.5) is 4.39 Å². The molecule has 1 unspecified atom stereocenters. The van der Waals surface area contributed by atoms with Gasteiger partial charge in [0.2, 0.25) is 0 Å². The van der Waals surface area contributed by atoms with Crippen LogP contribution in [0.1, 0.15) is 44.9 Å². The first-order chi connectivity index (χ1) is 13.5. The predicted octanol–water partition coefficient (Wildman–Crippen LogP) is 3.75. The maximum absolute atomic E-state index is 13.8. The maximum Gasteiger partial charge on any atom is 0.307 e. The number of nitrogens with zero attached hydrogens (tertiary/aromatic N) is 2. The van der Waals surface area contributed by atoms with Crippen molar-refractivity contribution < 1.29 is 23.1 Å². The molecule has 0 aliphatic carbocycles. The number of esters is 1. The van der Waals surface area contributed by atoms with Gasteiger partial charge < -0.3 is 14.1 Å². The molecule has 7 heteroatoms. The number of rotatable bonds is 6. The van der Waals surface area contributed by atoms with Crippen molar-refractivity contribution in [3.8, 4) is 11.3 Å². The largest absolute Gasteiger partial charge is 0.453 e. The molecule has 3 rings (SSSR count). The van der Waals surface area contributed by atoms with Gasteiger partial charge in [-0.2, -0.15) is 0 Å². The van der Waals surface area contributed by atoms with Gasteiger partial charge in [-0.25, -0.2) is 9.37 Å². The normalized spacial score (nSPS) is 15.7. The van der Waals surface area contributed by atoms with E-state index in [9.17, 15) is 14.0 Å². The summed E-state index contributed by atoms with van der Waals surface area (Å²) in [4.78, 5) is 30.4. The van der Waals surface area contributed by atoms with Crippen molar-refractivity contribution in [2.45, 2.75) is 51.6 Å². The Morgan fingerprint density at radius 1 is 1.21 bits per heavy atom. The van der Waals surface area contributed by atoms with Crippen molar-refractivity contribution in [1.82, 2.24) is 9.88 Å². The molecule has 1 amide bonds. The molecule has 0 saturated carbocycles. The van der Waals surface area contributed by atoms with Crippen molar-refractivity contribution in [2.24, 2.45) is 0 Å². The zero-order valence-corrected chi connectivity index (χ0v) is 16.0. The highest BCUT2D eigenvalue weighted by molar-refractivity contribution is 5.83. The number of likely N-dealkylation sites (tertiary alicyclic amines) is 1. The topological polar surface area (TPSA) is 72.6 Å². The van der Waals surface area contributed by atoms with E-state index >= 15 is 0 Å². The smallest absolute Gasteiger partial charge is 0.307 e. The van der Waals surface area contributed by atoms with E-state index in [2.05, 4.69) is 4.98 Å². The van der Waals surface area contributed by atoms with E-state index in [0.29, 0.717) is 17.2 Å². The quantitative estimate of drug-likeness (QED) is 0.705. The number of carbonyl (C=O) groups excluding carboxylic acids is 2. The number of hydrogen-bond acceptors (Lipinski definition) is 5. The summed E-state index contributed by atoms with van der Waals surface area (Å²) in [5, 5.41) is 0. The summed E-state index contributed by atoms with van der Waals surface area (Å²) in [6.07, 6.45) is 5.12. The van der Waals surface area contributed by atoms with Gasteiger partial charge in [-0.1, -0.05) is 25.0 Å². The zero-order valence-electron chi connectivity index (χ0n) is 16.0. The SMILES string of the molecule is CC(OC(=O)CCc1ncc(-c2ccccc2F)o1)C(=O)N1CCCCCC1. The number of benzene rings is 1. The lowest BCUT2D eigenvalue weighted by Gasteiger charge is -2.23. The van der Waals surface area contributed by atoms with Crippen LogP contribution in [-0.4, -0.2) is 41.0 Å². The van der Waals surface area contributed by atoms with E-state index in [1.807, 2.05) is 0 Å². The van der Waals surface area contributed by atoms with E-state index in [1.165, 1.54) is 12.3 Å². The number of hydrogen-bond donors (Lipinski definition) is 0. The number of oxazole rings is 1. The van der Waals surface area contributed by atoms with Gasteiger partial charge >= 0.3 is 5.97 Å². The Morgan fingerprint density at radius 2 is 1.93 bits per heavy atom. The lowest BCUT2D eigenvalue weighted by molar-refractivity contribution is -0.159. The van der Waals surface area contributed by atoms with Crippen LogP contribution in [0, 0.1) is 5.82 Å². The summed E-state index contributed by atoms with van der Waals surface area (Å²) in [6.45, 7) is 3.04. The summed E-state index contributed by atoms with van der Waals surface area (Å²) in [5.41, 5.74) is 0.320. The minimum atomic E-state index is -0.802. The molecule has 1 aliphatic heterocycles. The molecule has 150 valence electrons. The molecular weight excluding hydrogens is 363 g/mol. The first-order valence-electron chi connectivity index (χ1n) is 9.72. The van der Waals surface area contributed by atoms with Crippen LogP contribution in [0.25, 0.3) is 11.3 Å². The number of aryl methyl sites for hydroxylation is 1. The molecule has 1 atom stereocenters. The summed E-state index contributed by atoms with van der Waals surface area (Å²) in [5.74, 6) is -0.395. The summed E-state index contributed by atoms with van der Waals surface area (Å²) in [7, 11) is 0. The summed E-state index contributed by atoms with van der Waals surface area (Å²) >= 11 is 0. The monoisotopic (exact) mass is 388 g/mol. The van der Waals surface area contributed by atoms with Crippen LogP contribution in [0.5, 0.6) is 0 Å². The molecule has 1 saturated heterocycles. The molecule has 28 heavy (non-hydrogen) atoms. The van der Waals surface area contributed by atoms with Gasteiger partial charge in [-0.15, -0.1) is 0 Å². The van der Waals surface area contributed by atoms with E-state index in [0.717, 1.165) is 38.8 Å². The van der Waals surface area contributed by atoms with Crippen molar-refractivity contribution in [2.75, 3.05) is 13.1 Å². The molecule has 0 spiro atoms. The van der Waals surface area contributed by atoms with Gasteiger partial charge in [0.1, 0.15) is 5.82 Å². The fourth-order valence-electron chi connectivity index (χ4n) is 3.28. The first kappa shape index (κ1) is 20.0. The standard InChI is InChI=1S/C21H25FN2O4/c1-15(21(26)24-12-6-2-3-7-13-24)27-20(25)11-10-19-23-14-18(28-19)16-8-4-5-9-17(16)22/h4-5,8-9,14-15H,2-3,6-7,10-13H2,1H3. The van der Waals surface area contributed by atoms with Crippen LogP contribution in [-0.2, 0) is 20.7 Å². The van der Waals surface area contributed by atoms with Crippen molar-refractivity contribution in [3.63, 3.8) is 0 Å². The van der Waals surface area contributed by atoms with Crippen molar-refractivity contribution in [1.29, 1.82) is 0 Å². The van der Waals surface area contributed by atoms with Crippen LogP contribution >= 0.6 is 0 Å². The van der Waals surface area contributed by atoms with Gasteiger partial charge in [-0.05, 0) is 31.9 Å². The second-order valence-electron chi connectivity index (χ2n) is 6.97. The van der Waals surface area contributed by atoms with Crippen molar-refractivity contribution in [3.05, 3.63) is 42.2 Å². The lowest BCUT2D eigenvalue weighted by Crippen LogP contribution is -2.40. The molecule has 6 nitrogen and oxygen atoms in total. The van der Waals surface area contributed by atoms with E-state index in [-0.39, 0.29) is 18.7 Å². The predicted molar refractivity (Wildman–Crippen MR) is 101 cm³/mol. The molecule has 2 aromatic rings. The lowest BCUT2D eigenvalue weighted by atomic mass is 10.2. The molecule has 0 N–H and O–H groups in total. The first-order valence-corrected chi connectivity index (χ1v) is 9.72. The maximum atomic E-state index is 13.8. The highest BCUT2D eigenvalue weighted by Gasteiger charge is 2.24. The number of ether oxygens (including phenoxy) is 1.